The van der Waals surface area contributed by atoms with Gasteiger partial charge in [0.05, 0.1) is 17.9 Å². The minimum absolute atomic E-state index is 0.289. The molecule has 1 aliphatic rings. The summed E-state index contributed by atoms with van der Waals surface area (Å²) in [6.07, 6.45) is 0.743. The second-order valence-electron chi connectivity index (χ2n) is 5.00. The summed E-state index contributed by atoms with van der Waals surface area (Å²) >= 11 is 0. The van der Waals surface area contributed by atoms with Gasteiger partial charge in [-0.15, -0.1) is 0 Å². The third-order valence-corrected chi connectivity index (χ3v) is 2.61. The van der Waals surface area contributed by atoms with Crippen molar-refractivity contribution in [3.8, 4) is 5.88 Å². The first-order valence-electron chi connectivity index (χ1n) is 5.30. The van der Waals surface area contributed by atoms with Crippen LogP contribution in [0.25, 0.3) is 0 Å². The van der Waals surface area contributed by atoms with Gasteiger partial charge in [-0.1, -0.05) is 20.8 Å². The van der Waals surface area contributed by atoms with Crippen molar-refractivity contribution in [1.82, 2.24) is 4.98 Å². The molecule has 0 radical (unpaired) electrons. The Morgan fingerprint density at radius 1 is 1.50 bits per heavy atom. The van der Waals surface area contributed by atoms with E-state index < -0.39 is 5.97 Å². The van der Waals surface area contributed by atoms with E-state index in [9.17, 15) is 9.90 Å². The Bertz CT molecular complexity index is 446. The number of aromatic carboxylic acids is 1. The molecule has 2 rings (SSSR count). The van der Waals surface area contributed by atoms with Crippen LogP contribution in [0.15, 0.2) is 6.07 Å². The summed E-state index contributed by atoms with van der Waals surface area (Å²) in [5.74, 6) is -0.331. The van der Waals surface area contributed by atoms with Crippen LogP contribution in [0.3, 0.4) is 0 Å². The second-order valence-corrected chi connectivity index (χ2v) is 5.00. The molecule has 1 aliphatic heterocycles. The maximum atomic E-state index is 11.2. The van der Waals surface area contributed by atoms with Crippen LogP contribution in [-0.2, 0) is 11.8 Å². The van der Waals surface area contributed by atoms with Gasteiger partial charge in [-0.3, -0.25) is 0 Å². The number of carboxylic acids is 1. The molecule has 0 amide bonds. The molecule has 0 aliphatic carbocycles. The predicted molar refractivity (Wildman–Crippen MR) is 59.1 cm³/mol. The summed E-state index contributed by atoms with van der Waals surface area (Å²) in [4.78, 5) is 15.5. The molecule has 0 saturated carbocycles. The number of fused-ring (bicyclic) bond motifs is 1. The fraction of sp³-hybridized carbons (Fsp3) is 0.500. The van der Waals surface area contributed by atoms with Crippen molar-refractivity contribution in [3.63, 3.8) is 0 Å². The highest BCUT2D eigenvalue weighted by atomic mass is 16.5. The van der Waals surface area contributed by atoms with Crippen LogP contribution in [0.5, 0.6) is 5.88 Å². The van der Waals surface area contributed by atoms with Gasteiger partial charge in [0, 0.05) is 17.4 Å². The van der Waals surface area contributed by atoms with E-state index in [-0.39, 0.29) is 11.0 Å². The second kappa shape index (κ2) is 3.47. The standard InChI is InChI=1S/C12H15NO3/c1-12(2,3)9-8(11(14)15)6-7-4-5-16-10(7)13-9/h6H,4-5H2,1-3H3,(H,14,15). The van der Waals surface area contributed by atoms with E-state index in [4.69, 9.17) is 4.74 Å². The van der Waals surface area contributed by atoms with Crippen LogP contribution in [-0.4, -0.2) is 22.7 Å². The summed E-state index contributed by atoms with van der Waals surface area (Å²) < 4.78 is 5.36. The van der Waals surface area contributed by atoms with Gasteiger partial charge in [0.1, 0.15) is 0 Å². The molecule has 0 unspecified atom stereocenters. The monoisotopic (exact) mass is 221 g/mol. The van der Waals surface area contributed by atoms with Crippen molar-refractivity contribution in [2.45, 2.75) is 32.6 Å². The molecule has 1 aromatic rings. The van der Waals surface area contributed by atoms with E-state index in [0.29, 0.717) is 18.2 Å². The van der Waals surface area contributed by atoms with Crippen LogP contribution in [0, 0.1) is 0 Å². The maximum Gasteiger partial charge on any atom is 0.337 e. The zero-order valence-electron chi connectivity index (χ0n) is 9.70. The normalized spacial score (nSPS) is 14.4. The molecule has 0 fully saturated rings. The summed E-state index contributed by atoms with van der Waals surface area (Å²) in [7, 11) is 0. The van der Waals surface area contributed by atoms with Crippen LogP contribution in [0.4, 0.5) is 0 Å². The van der Waals surface area contributed by atoms with Gasteiger partial charge in [0.2, 0.25) is 5.88 Å². The fourth-order valence-corrected chi connectivity index (χ4v) is 1.83. The topological polar surface area (TPSA) is 59.4 Å². The zero-order valence-corrected chi connectivity index (χ0v) is 9.70. The van der Waals surface area contributed by atoms with Crippen LogP contribution in [0.1, 0.15) is 42.4 Å². The zero-order chi connectivity index (χ0) is 11.9. The number of aromatic nitrogens is 1. The van der Waals surface area contributed by atoms with E-state index in [2.05, 4.69) is 4.98 Å². The third-order valence-electron chi connectivity index (χ3n) is 2.61. The number of carbonyl (C=O) groups is 1. The van der Waals surface area contributed by atoms with E-state index in [1.165, 1.54) is 0 Å². The fourth-order valence-electron chi connectivity index (χ4n) is 1.83. The number of hydrogen-bond donors (Lipinski definition) is 1. The number of pyridine rings is 1. The van der Waals surface area contributed by atoms with Gasteiger partial charge in [0.15, 0.2) is 0 Å². The smallest absolute Gasteiger partial charge is 0.337 e. The lowest BCUT2D eigenvalue weighted by Gasteiger charge is -2.20. The van der Waals surface area contributed by atoms with Gasteiger partial charge < -0.3 is 9.84 Å². The number of ether oxygens (including phenoxy) is 1. The van der Waals surface area contributed by atoms with Crippen molar-refractivity contribution in [2.75, 3.05) is 6.61 Å². The summed E-state index contributed by atoms with van der Waals surface area (Å²) in [5, 5.41) is 9.18. The Labute approximate surface area is 94.3 Å². The molecule has 86 valence electrons. The number of hydrogen-bond acceptors (Lipinski definition) is 3. The van der Waals surface area contributed by atoms with E-state index in [1.807, 2.05) is 20.8 Å². The maximum absolute atomic E-state index is 11.2. The molecule has 2 heterocycles. The SMILES string of the molecule is CC(C)(C)c1nc2c(cc1C(=O)O)CCO2. The van der Waals surface area contributed by atoms with Gasteiger partial charge in [0.25, 0.3) is 0 Å². The van der Waals surface area contributed by atoms with Crippen LogP contribution in [0.2, 0.25) is 0 Å². The quantitative estimate of drug-likeness (QED) is 0.788. The largest absolute Gasteiger partial charge is 0.478 e. The summed E-state index contributed by atoms with van der Waals surface area (Å²) in [6.45, 7) is 6.43. The van der Waals surface area contributed by atoms with Gasteiger partial charge >= 0.3 is 5.97 Å². The van der Waals surface area contributed by atoms with E-state index in [0.717, 1.165) is 12.0 Å². The highest BCUT2D eigenvalue weighted by molar-refractivity contribution is 5.89. The molecule has 1 aromatic heterocycles. The Balaban J connectivity index is 2.62. The average Bonchev–Trinajstić information content (AvgIpc) is 2.60. The average molecular weight is 221 g/mol. The van der Waals surface area contributed by atoms with Gasteiger partial charge in [-0.2, -0.15) is 0 Å². The molecule has 0 atom stereocenters. The highest BCUT2D eigenvalue weighted by Crippen LogP contribution is 2.31. The molecule has 16 heavy (non-hydrogen) atoms. The van der Waals surface area contributed by atoms with Gasteiger partial charge in [-0.25, -0.2) is 9.78 Å². The number of rotatable bonds is 1. The van der Waals surface area contributed by atoms with E-state index in [1.54, 1.807) is 6.07 Å². The number of nitrogens with zero attached hydrogens (tertiary/aromatic N) is 1. The Morgan fingerprint density at radius 2 is 2.19 bits per heavy atom. The highest BCUT2D eigenvalue weighted by Gasteiger charge is 2.27. The number of carboxylic acid groups (broad SMARTS) is 1. The lowest BCUT2D eigenvalue weighted by molar-refractivity contribution is 0.0693. The molecular weight excluding hydrogens is 206 g/mol. The third kappa shape index (κ3) is 1.75. The first-order chi connectivity index (χ1) is 7.39. The minimum Gasteiger partial charge on any atom is -0.478 e. The molecule has 0 saturated heterocycles. The minimum atomic E-state index is -0.924. The first kappa shape index (κ1) is 10.9. The molecule has 0 bridgehead atoms. The molecule has 4 nitrogen and oxygen atoms in total. The predicted octanol–water partition coefficient (Wildman–Crippen LogP) is 2.01. The molecule has 0 aromatic carbocycles. The molecule has 0 spiro atoms. The summed E-state index contributed by atoms with van der Waals surface area (Å²) in [5.41, 5.74) is 1.47. The molecular formula is C12H15NO3. The lowest BCUT2D eigenvalue weighted by Crippen LogP contribution is -2.19. The van der Waals surface area contributed by atoms with Crippen molar-refractivity contribution in [2.24, 2.45) is 0 Å². The van der Waals surface area contributed by atoms with E-state index >= 15 is 0 Å². The van der Waals surface area contributed by atoms with Crippen molar-refractivity contribution in [1.29, 1.82) is 0 Å². The van der Waals surface area contributed by atoms with Crippen molar-refractivity contribution in [3.05, 3.63) is 22.9 Å². The van der Waals surface area contributed by atoms with Crippen molar-refractivity contribution >= 4 is 5.97 Å². The Hall–Kier alpha value is -1.58. The van der Waals surface area contributed by atoms with Crippen molar-refractivity contribution < 1.29 is 14.6 Å². The van der Waals surface area contributed by atoms with Crippen LogP contribution < -0.4 is 4.74 Å². The molecule has 4 heteroatoms. The van der Waals surface area contributed by atoms with Gasteiger partial charge in [-0.05, 0) is 6.07 Å². The Kier molecular flexibility index (Phi) is 2.37. The van der Waals surface area contributed by atoms with Crippen LogP contribution >= 0.6 is 0 Å². The Morgan fingerprint density at radius 3 is 2.75 bits per heavy atom. The first-order valence-corrected chi connectivity index (χ1v) is 5.30. The lowest BCUT2D eigenvalue weighted by atomic mass is 9.87. The summed E-state index contributed by atoms with van der Waals surface area (Å²) in [6, 6.07) is 1.69. The molecule has 1 N–H and O–H groups in total.